The minimum Gasteiger partial charge on any atom is -0.179 e. The van der Waals surface area contributed by atoms with E-state index in [4.69, 9.17) is 0 Å². The summed E-state index contributed by atoms with van der Waals surface area (Å²) in [5, 5.41) is 7.86. The van der Waals surface area contributed by atoms with Crippen molar-refractivity contribution in [3.05, 3.63) is 11.8 Å². The van der Waals surface area contributed by atoms with Crippen molar-refractivity contribution in [2.45, 2.75) is 26.3 Å². The van der Waals surface area contributed by atoms with Gasteiger partial charge in [-0.25, -0.2) is 0 Å². The monoisotopic (exact) mass is 110 g/mol. The van der Waals surface area contributed by atoms with Gasteiger partial charge in [0.25, 0.3) is 0 Å². The Morgan fingerprint density at radius 2 is 2.12 bits per heavy atom. The highest BCUT2D eigenvalue weighted by atomic mass is 15.2. The van der Waals surface area contributed by atoms with E-state index in [2.05, 4.69) is 10.2 Å². The summed E-state index contributed by atoms with van der Waals surface area (Å²) in [6.07, 6.45) is 2.05. The summed E-state index contributed by atoms with van der Waals surface area (Å²) in [5.74, 6) is 0. The van der Waals surface area contributed by atoms with Crippen molar-refractivity contribution < 1.29 is 0 Å². The Hall–Kier alpha value is -0.660. The zero-order valence-corrected chi connectivity index (χ0v) is 5.47. The number of hydrogen-bond donors (Lipinski definition) is 0. The molecule has 1 aliphatic heterocycles. The summed E-state index contributed by atoms with van der Waals surface area (Å²) in [5.41, 5.74) is 0.986. The number of rotatable bonds is 0. The van der Waals surface area contributed by atoms with Crippen molar-refractivity contribution >= 4 is 0 Å². The lowest BCUT2D eigenvalue weighted by Gasteiger charge is -2.04. The first-order chi connectivity index (χ1) is 3.60. The summed E-state index contributed by atoms with van der Waals surface area (Å²) in [4.78, 5) is 0. The van der Waals surface area contributed by atoms with Crippen molar-refractivity contribution in [3.63, 3.8) is 0 Å². The van der Waals surface area contributed by atoms with E-state index in [1.807, 2.05) is 26.8 Å². The van der Waals surface area contributed by atoms with E-state index in [1.54, 1.807) is 0 Å². The van der Waals surface area contributed by atoms with Crippen molar-refractivity contribution in [3.8, 4) is 0 Å². The highest BCUT2D eigenvalue weighted by molar-refractivity contribution is 5.12. The molecule has 0 amide bonds. The second-order valence-electron chi connectivity index (χ2n) is 2.64. The molecule has 0 radical (unpaired) electrons. The number of allylic oxidation sites excluding steroid dienone is 1. The third-order valence-electron chi connectivity index (χ3n) is 1.03. The van der Waals surface area contributed by atoms with Gasteiger partial charge in [-0.3, -0.25) is 0 Å². The molecule has 2 nitrogen and oxygen atoms in total. The van der Waals surface area contributed by atoms with Crippen LogP contribution >= 0.6 is 0 Å². The van der Waals surface area contributed by atoms with Crippen molar-refractivity contribution in [2.24, 2.45) is 10.2 Å². The van der Waals surface area contributed by atoms with Gasteiger partial charge in [0.15, 0.2) is 0 Å². The van der Waals surface area contributed by atoms with E-state index in [1.165, 1.54) is 0 Å². The van der Waals surface area contributed by atoms with Gasteiger partial charge in [0.2, 0.25) is 0 Å². The predicted molar refractivity (Wildman–Crippen MR) is 32.7 cm³/mol. The van der Waals surface area contributed by atoms with Crippen LogP contribution in [0, 0.1) is 0 Å². The van der Waals surface area contributed by atoms with E-state index in [9.17, 15) is 0 Å². The fraction of sp³-hybridized carbons (Fsp3) is 0.667. The normalized spacial score (nSPS) is 23.6. The molecule has 44 valence electrons. The summed E-state index contributed by atoms with van der Waals surface area (Å²) in [6, 6.07) is 0. The average Bonchev–Trinajstić information content (AvgIpc) is 1.82. The molecule has 0 aromatic carbocycles. The maximum absolute atomic E-state index is 3.98. The first-order valence-electron chi connectivity index (χ1n) is 2.72. The zero-order valence-electron chi connectivity index (χ0n) is 5.47. The van der Waals surface area contributed by atoms with Gasteiger partial charge in [-0.05, 0) is 26.8 Å². The Morgan fingerprint density at radius 3 is 2.25 bits per heavy atom. The highest BCUT2D eigenvalue weighted by Gasteiger charge is 2.17. The molecule has 0 bridgehead atoms. The first-order valence-corrected chi connectivity index (χ1v) is 2.72. The molecule has 0 aromatic heterocycles. The smallest absolute Gasteiger partial charge is 0.0964 e. The first kappa shape index (κ1) is 5.48. The van der Waals surface area contributed by atoms with E-state index in [-0.39, 0.29) is 5.54 Å². The van der Waals surface area contributed by atoms with Gasteiger partial charge in [-0.2, -0.15) is 10.2 Å². The van der Waals surface area contributed by atoms with Crippen LogP contribution in [-0.2, 0) is 0 Å². The van der Waals surface area contributed by atoms with Crippen LogP contribution in [0.5, 0.6) is 0 Å². The van der Waals surface area contributed by atoms with E-state index >= 15 is 0 Å². The zero-order chi connectivity index (χ0) is 6.20. The minimum atomic E-state index is -0.0376. The molecular formula is C6H10N2. The minimum absolute atomic E-state index is 0.0376. The fourth-order valence-corrected chi connectivity index (χ4v) is 0.777. The van der Waals surface area contributed by atoms with E-state index in [0.29, 0.717) is 0 Å². The van der Waals surface area contributed by atoms with Gasteiger partial charge in [-0.1, -0.05) is 0 Å². The summed E-state index contributed by atoms with van der Waals surface area (Å²) in [7, 11) is 0. The second kappa shape index (κ2) is 1.41. The Kier molecular flexibility index (Phi) is 0.962. The van der Waals surface area contributed by atoms with Gasteiger partial charge in [-0.15, -0.1) is 0 Å². The molecule has 0 aromatic rings. The Labute approximate surface area is 49.3 Å². The average molecular weight is 110 g/mol. The quantitative estimate of drug-likeness (QED) is 0.456. The third kappa shape index (κ3) is 0.941. The molecular weight excluding hydrogens is 100 g/mol. The fourth-order valence-electron chi connectivity index (χ4n) is 0.777. The summed E-state index contributed by atoms with van der Waals surface area (Å²) in [6.45, 7) is 6.03. The van der Waals surface area contributed by atoms with Crippen LogP contribution in [0.3, 0.4) is 0 Å². The van der Waals surface area contributed by atoms with Gasteiger partial charge in [0, 0.05) is 0 Å². The molecule has 1 aliphatic rings. The lowest BCUT2D eigenvalue weighted by atomic mass is 10.1. The van der Waals surface area contributed by atoms with Gasteiger partial charge < -0.3 is 0 Å². The van der Waals surface area contributed by atoms with Crippen molar-refractivity contribution in [1.82, 2.24) is 0 Å². The van der Waals surface area contributed by atoms with Gasteiger partial charge >= 0.3 is 0 Å². The van der Waals surface area contributed by atoms with Crippen LogP contribution < -0.4 is 0 Å². The second-order valence-corrected chi connectivity index (χ2v) is 2.64. The SMILES string of the molecule is CC1=CC(C)(C)N=N1. The van der Waals surface area contributed by atoms with Crippen LogP contribution in [0.1, 0.15) is 20.8 Å². The molecule has 0 fully saturated rings. The van der Waals surface area contributed by atoms with Crippen LogP contribution in [0.4, 0.5) is 0 Å². The summed E-state index contributed by atoms with van der Waals surface area (Å²) >= 11 is 0. The molecule has 2 heteroatoms. The molecule has 0 unspecified atom stereocenters. The summed E-state index contributed by atoms with van der Waals surface area (Å²) < 4.78 is 0. The standard InChI is InChI=1S/C6H10N2/c1-5-4-6(2,3)8-7-5/h4H,1-3H3. The number of azo groups is 1. The topological polar surface area (TPSA) is 24.7 Å². The van der Waals surface area contributed by atoms with Gasteiger partial charge in [0.05, 0.1) is 11.2 Å². The van der Waals surface area contributed by atoms with E-state index in [0.717, 1.165) is 5.70 Å². The lowest BCUT2D eigenvalue weighted by molar-refractivity contribution is 0.644. The third-order valence-corrected chi connectivity index (χ3v) is 1.03. The molecule has 0 spiro atoms. The van der Waals surface area contributed by atoms with Crippen LogP contribution in [0.15, 0.2) is 22.0 Å². The van der Waals surface area contributed by atoms with E-state index < -0.39 is 0 Å². The van der Waals surface area contributed by atoms with Crippen LogP contribution in [0.2, 0.25) is 0 Å². The number of nitrogens with zero attached hydrogens (tertiary/aromatic N) is 2. The largest absolute Gasteiger partial charge is 0.179 e. The Morgan fingerprint density at radius 1 is 1.50 bits per heavy atom. The Bertz CT molecular complexity index is 154. The molecule has 0 atom stereocenters. The molecule has 8 heavy (non-hydrogen) atoms. The Balaban J connectivity index is 2.84. The maximum atomic E-state index is 3.98. The van der Waals surface area contributed by atoms with Gasteiger partial charge in [0.1, 0.15) is 0 Å². The predicted octanol–water partition coefficient (Wildman–Crippen LogP) is 2.13. The van der Waals surface area contributed by atoms with Crippen molar-refractivity contribution in [2.75, 3.05) is 0 Å². The van der Waals surface area contributed by atoms with Crippen molar-refractivity contribution in [1.29, 1.82) is 0 Å². The molecule has 0 N–H and O–H groups in total. The lowest BCUT2D eigenvalue weighted by Crippen LogP contribution is -2.07. The molecule has 0 aliphatic carbocycles. The van der Waals surface area contributed by atoms with Crippen LogP contribution in [-0.4, -0.2) is 5.54 Å². The molecule has 0 saturated carbocycles. The van der Waals surface area contributed by atoms with Crippen LogP contribution in [0.25, 0.3) is 0 Å². The highest BCUT2D eigenvalue weighted by Crippen LogP contribution is 2.21. The molecule has 1 heterocycles. The molecule has 1 rings (SSSR count). The number of hydrogen-bond acceptors (Lipinski definition) is 2. The molecule has 0 saturated heterocycles. The maximum Gasteiger partial charge on any atom is 0.0964 e.